The minimum Gasteiger partial charge on any atom is -0.477 e. The molecule has 0 aliphatic carbocycles. The summed E-state index contributed by atoms with van der Waals surface area (Å²) in [6.45, 7) is 5.31. The zero-order valence-electron chi connectivity index (χ0n) is 8.72. The van der Waals surface area contributed by atoms with Gasteiger partial charge in [-0.1, -0.05) is 6.08 Å². The molecule has 0 saturated carbocycles. The van der Waals surface area contributed by atoms with E-state index in [1.54, 1.807) is 6.08 Å². The fraction of sp³-hybridized carbons (Fsp3) is 0.600. The lowest BCUT2D eigenvalue weighted by molar-refractivity contribution is -0.829. The number of amidine groups is 1. The number of nitrogens with zero attached hydrogens (tertiary/aromatic N) is 2. The minimum absolute atomic E-state index is 0.00671. The first-order valence-electron chi connectivity index (χ1n) is 4.98. The van der Waals surface area contributed by atoms with Crippen LogP contribution in [0, 0.1) is 0 Å². The van der Waals surface area contributed by atoms with Crippen LogP contribution in [0.3, 0.4) is 0 Å². The van der Waals surface area contributed by atoms with Gasteiger partial charge in [0.2, 0.25) is 5.84 Å². The summed E-state index contributed by atoms with van der Waals surface area (Å²) in [4.78, 5) is 15.1. The van der Waals surface area contributed by atoms with E-state index in [2.05, 4.69) is 11.6 Å². The van der Waals surface area contributed by atoms with Crippen molar-refractivity contribution in [2.75, 3.05) is 32.8 Å². The Bertz CT molecular complexity index is 288. The average Bonchev–Trinajstić information content (AvgIpc) is 2.49. The number of quaternary nitrogens is 1. The van der Waals surface area contributed by atoms with Crippen molar-refractivity contribution in [3.05, 3.63) is 12.7 Å². The van der Waals surface area contributed by atoms with Crippen molar-refractivity contribution >= 4 is 11.8 Å². The molecule has 5 heteroatoms. The molecule has 2 N–H and O–H groups in total. The minimum atomic E-state index is -0.859. The van der Waals surface area contributed by atoms with Crippen LogP contribution in [-0.4, -0.2) is 59.3 Å². The number of carboxylic acids is 1. The van der Waals surface area contributed by atoms with Crippen LogP contribution in [0.2, 0.25) is 0 Å². The number of hydrogen-bond acceptors (Lipinski definition) is 3. The number of hydrogen-bond donors (Lipinski definition) is 2. The lowest BCUT2D eigenvalue weighted by Crippen LogP contribution is -2.55. The number of aliphatic hydroxyl groups excluding tert-OH is 1. The maximum atomic E-state index is 10.8. The van der Waals surface area contributed by atoms with E-state index in [9.17, 15) is 4.79 Å². The summed E-state index contributed by atoms with van der Waals surface area (Å²) in [5.74, 6) is -0.0384. The summed E-state index contributed by atoms with van der Waals surface area (Å²) in [6.07, 6.45) is 2.31. The Balaban J connectivity index is 2.84. The van der Waals surface area contributed by atoms with E-state index in [0.29, 0.717) is 26.1 Å². The van der Waals surface area contributed by atoms with Gasteiger partial charge in [0.15, 0.2) is 6.54 Å². The van der Waals surface area contributed by atoms with Gasteiger partial charge >= 0.3 is 5.97 Å². The summed E-state index contributed by atoms with van der Waals surface area (Å²) in [5.41, 5.74) is 0. The van der Waals surface area contributed by atoms with Crippen molar-refractivity contribution in [2.24, 2.45) is 4.99 Å². The Morgan fingerprint density at radius 1 is 1.67 bits per heavy atom. The van der Waals surface area contributed by atoms with Crippen LogP contribution in [0.25, 0.3) is 0 Å². The molecule has 1 heterocycles. The molecule has 0 bridgehead atoms. The molecule has 0 aromatic rings. The zero-order valence-corrected chi connectivity index (χ0v) is 8.72. The zero-order chi connectivity index (χ0) is 11.3. The summed E-state index contributed by atoms with van der Waals surface area (Å²) in [7, 11) is 0. The molecule has 1 rings (SSSR count). The number of carbonyl (C=O) groups is 1. The quantitative estimate of drug-likeness (QED) is 0.477. The van der Waals surface area contributed by atoms with Gasteiger partial charge < -0.3 is 10.2 Å². The molecule has 0 fully saturated rings. The van der Waals surface area contributed by atoms with E-state index in [4.69, 9.17) is 10.2 Å². The largest absolute Gasteiger partial charge is 0.477 e. The van der Waals surface area contributed by atoms with Crippen LogP contribution >= 0.6 is 0 Å². The van der Waals surface area contributed by atoms with E-state index in [1.807, 2.05) is 0 Å². The fourth-order valence-corrected chi connectivity index (χ4v) is 1.98. The SMILES string of the molecule is C=CCC1=NCC[N+]1(CCO)CC(=O)O. The molecular weight excluding hydrogens is 196 g/mol. The molecule has 1 aliphatic heterocycles. The average molecular weight is 213 g/mol. The molecule has 0 spiro atoms. The smallest absolute Gasteiger partial charge is 0.359 e. The molecule has 1 aliphatic rings. The second-order valence-corrected chi connectivity index (χ2v) is 3.66. The highest BCUT2D eigenvalue weighted by molar-refractivity contribution is 5.81. The normalized spacial score (nSPS) is 25.0. The van der Waals surface area contributed by atoms with Gasteiger partial charge in [-0.2, -0.15) is 0 Å². The predicted molar refractivity (Wildman–Crippen MR) is 56.7 cm³/mol. The molecule has 0 radical (unpaired) electrons. The summed E-state index contributed by atoms with van der Waals surface area (Å²) in [6, 6.07) is 0. The Hall–Kier alpha value is -1.20. The Morgan fingerprint density at radius 2 is 2.40 bits per heavy atom. The Labute approximate surface area is 88.9 Å². The number of aliphatic hydroxyl groups is 1. The summed E-state index contributed by atoms with van der Waals surface area (Å²) in [5, 5.41) is 17.9. The second kappa shape index (κ2) is 5.04. The van der Waals surface area contributed by atoms with Crippen molar-refractivity contribution < 1.29 is 19.5 Å². The maximum Gasteiger partial charge on any atom is 0.359 e. The molecule has 0 aromatic carbocycles. The number of aliphatic carboxylic acids is 1. The molecule has 5 nitrogen and oxygen atoms in total. The highest BCUT2D eigenvalue weighted by Crippen LogP contribution is 2.17. The summed E-state index contributed by atoms with van der Waals surface area (Å²) < 4.78 is 0.276. The molecule has 1 atom stereocenters. The van der Waals surface area contributed by atoms with Gasteiger partial charge in [0.05, 0.1) is 19.6 Å². The fourth-order valence-electron chi connectivity index (χ4n) is 1.98. The Morgan fingerprint density at radius 3 is 2.93 bits per heavy atom. The van der Waals surface area contributed by atoms with E-state index in [-0.39, 0.29) is 17.6 Å². The van der Waals surface area contributed by atoms with Crippen LogP contribution in [0.1, 0.15) is 6.42 Å². The third-order valence-electron chi connectivity index (χ3n) is 2.66. The standard InChI is InChI=1S/C10H16N2O3/c1-2-3-9-11-4-5-12(9,6-7-13)8-10(14)15/h2,13H,1,3-8H2/p+1. The Kier molecular flexibility index (Phi) is 3.99. The molecule has 0 amide bonds. The monoisotopic (exact) mass is 213 g/mol. The van der Waals surface area contributed by atoms with Crippen molar-refractivity contribution in [1.82, 2.24) is 0 Å². The molecule has 0 aromatic heterocycles. The third-order valence-corrected chi connectivity index (χ3v) is 2.66. The maximum absolute atomic E-state index is 10.8. The van der Waals surface area contributed by atoms with E-state index in [1.165, 1.54) is 0 Å². The second-order valence-electron chi connectivity index (χ2n) is 3.66. The number of carboxylic acid groups (broad SMARTS) is 1. The number of rotatable bonds is 6. The van der Waals surface area contributed by atoms with Crippen molar-refractivity contribution in [3.8, 4) is 0 Å². The number of aliphatic imine (C=N–C) groups is 1. The predicted octanol–water partition coefficient (Wildman–Crippen LogP) is -0.132. The van der Waals surface area contributed by atoms with E-state index in [0.717, 1.165) is 5.84 Å². The highest BCUT2D eigenvalue weighted by Gasteiger charge is 2.38. The van der Waals surface area contributed by atoms with Gasteiger partial charge in [-0.3, -0.25) is 4.48 Å². The van der Waals surface area contributed by atoms with Crippen LogP contribution < -0.4 is 0 Å². The lowest BCUT2D eigenvalue weighted by Gasteiger charge is -2.32. The molecule has 15 heavy (non-hydrogen) atoms. The first kappa shape index (κ1) is 11.9. The van der Waals surface area contributed by atoms with Gasteiger partial charge in [-0.15, -0.1) is 6.58 Å². The third kappa shape index (κ3) is 2.64. The first-order valence-corrected chi connectivity index (χ1v) is 4.98. The topological polar surface area (TPSA) is 69.9 Å². The highest BCUT2D eigenvalue weighted by atomic mass is 16.4. The first-order chi connectivity index (χ1) is 7.14. The van der Waals surface area contributed by atoms with Crippen LogP contribution in [-0.2, 0) is 4.79 Å². The van der Waals surface area contributed by atoms with E-state index >= 15 is 0 Å². The van der Waals surface area contributed by atoms with Crippen LogP contribution in [0.15, 0.2) is 17.6 Å². The van der Waals surface area contributed by atoms with Crippen molar-refractivity contribution in [2.45, 2.75) is 6.42 Å². The van der Waals surface area contributed by atoms with Gasteiger partial charge in [0.25, 0.3) is 0 Å². The van der Waals surface area contributed by atoms with Gasteiger partial charge in [0, 0.05) is 0 Å². The van der Waals surface area contributed by atoms with Gasteiger partial charge in [0.1, 0.15) is 13.1 Å². The molecular formula is C10H17N2O3+. The molecule has 84 valence electrons. The van der Waals surface area contributed by atoms with Crippen LogP contribution in [0.4, 0.5) is 0 Å². The lowest BCUT2D eigenvalue weighted by atomic mass is 10.2. The van der Waals surface area contributed by atoms with E-state index < -0.39 is 5.97 Å². The van der Waals surface area contributed by atoms with Gasteiger partial charge in [-0.05, 0) is 0 Å². The summed E-state index contributed by atoms with van der Waals surface area (Å²) >= 11 is 0. The van der Waals surface area contributed by atoms with Crippen LogP contribution in [0.5, 0.6) is 0 Å². The molecule has 1 unspecified atom stereocenters. The van der Waals surface area contributed by atoms with Crippen molar-refractivity contribution in [3.63, 3.8) is 0 Å². The molecule has 0 saturated heterocycles. The van der Waals surface area contributed by atoms with Crippen molar-refractivity contribution in [1.29, 1.82) is 0 Å². The van der Waals surface area contributed by atoms with Gasteiger partial charge in [-0.25, -0.2) is 9.79 Å².